The van der Waals surface area contributed by atoms with Crippen LogP contribution < -0.4 is 5.73 Å². The zero-order valence-electron chi connectivity index (χ0n) is 10.1. The van der Waals surface area contributed by atoms with Crippen LogP contribution in [0.15, 0.2) is 18.2 Å². The molecule has 2 N–H and O–H groups in total. The number of benzene rings is 1. The minimum absolute atomic E-state index is 0.0587. The Kier molecular flexibility index (Phi) is 3.15. The Hall–Kier alpha value is -1.42. The molecular weight excluding hydrogens is 219 g/mol. The van der Waals surface area contributed by atoms with Crippen molar-refractivity contribution in [2.75, 3.05) is 0 Å². The molecule has 0 saturated carbocycles. The van der Waals surface area contributed by atoms with Crippen molar-refractivity contribution < 1.29 is 9.18 Å². The van der Waals surface area contributed by atoms with Gasteiger partial charge in [-0.2, -0.15) is 0 Å². The normalized spacial score (nSPS) is 16.2. The summed E-state index contributed by atoms with van der Waals surface area (Å²) >= 11 is 0. The highest BCUT2D eigenvalue weighted by Gasteiger charge is 2.28. The van der Waals surface area contributed by atoms with Crippen LogP contribution in [0, 0.1) is 11.7 Å². The van der Waals surface area contributed by atoms with Gasteiger partial charge in [-0.1, -0.05) is 19.9 Å². The van der Waals surface area contributed by atoms with Crippen molar-refractivity contribution in [3.05, 3.63) is 35.1 Å². The first kappa shape index (κ1) is 12.0. The van der Waals surface area contributed by atoms with Crippen molar-refractivity contribution in [2.24, 2.45) is 11.7 Å². The van der Waals surface area contributed by atoms with E-state index in [-0.39, 0.29) is 17.6 Å². The van der Waals surface area contributed by atoms with Crippen LogP contribution in [0.2, 0.25) is 0 Å². The molecule has 1 aromatic carbocycles. The molecule has 1 amide bonds. The lowest BCUT2D eigenvalue weighted by atomic mass is 10.0. The second-order valence-corrected chi connectivity index (χ2v) is 4.88. The van der Waals surface area contributed by atoms with Gasteiger partial charge in [0.1, 0.15) is 5.82 Å². The molecule has 0 bridgehead atoms. The number of hydrogen-bond donors (Lipinski definition) is 1. The van der Waals surface area contributed by atoms with E-state index < -0.39 is 6.04 Å². The Morgan fingerprint density at radius 3 is 2.65 bits per heavy atom. The van der Waals surface area contributed by atoms with E-state index in [1.165, 1.54) is 12.1 Å². The van der Waals surface area contributed by atoms with Crippen LogP contribution in [0.25, 0.3) is 0 Å². The Morgan fingerprint density at radius 2 is 2.00 bits per heavy atom. The van der Waals surface area contributed by atoms with E-state index in [1.807, 2.05) is 13.8 Å². The van der Waals surface area contributed by atoms with E-state index in [2.05, 4.69) is 0 Å². The number of nitrogens with two attached hydrogens (primary N) is 1. The molecule has 4 heteroatoms. The molecule has 92 valence electrons. The molecule has 17 heavy (non-hydrogen) atoms. The molecule has 0 aromatic heterocycles. The molecule has 0 radical (unpaired) electrons. The lowest BCUT2D eigenvalue weighted by Gasteiger charge is -2.22. The Morgan fingerprint density at radius 1 is 1.35 bits per heavy atom. The lowest BCUT2D eigenvalue weighted by Crippen LogP contribution is -2.44. The molecule has 0 spiro atoms. The van der Waals surface area contributed by atoms with Crippen molar-refractivity contribution in [3.63, 3.8) is 0 Å². The fraction of sp³-hybridized carbons (Fsp3) is 0.462. The third-order valence-electron chi connectivity index (χ3n) is 3.21. The molecule has 1 atom stereocenters. The van der Waals surface area contributed by atoms with Crippen LogP contribution in [-0.2, 0) is 17.9 Å². The van der Waals surface area contributed by atoms with Gasteiger partial charge in [-0.05, 0) is 29.2 Å². The van der Waals surface area contributed by atoms with Crippen LogP contribution in [0.5, 0.6) is 0 Å². The summed E-state index contributed by atoms with van der Waals surface area (Å²) in [6, 6.07) is 4.17. The zero-order valence-corrected chi connectivity index (χ0v) is 10.1. The molecular formula is C13H17FN2O. The standard InChI is InChI=1S/C13H17FN2O/c1-8(2)12(15)13(17)16-6-9-3-4-11(14)5-10(9)7-16/h3-5,8,12H,6-7,15H2,1-2H3. The van der Waals surface area contributed by atoms with Gasteiger partial charge < -0.3 is 10.6 Å². The van der Waals surface area contributed by atoms with Crippen LogP contribution in [0.1, 0.15) is 25.0 Å². The lowest BCUT2D eigenvalue weighted by molar-refractivity contribution is -0.134. The molecule has 0 fully saturated rings. The van der Waals surface area contributed by atoms with E-state index >= 15 is 0 Å². The molecule has 0 aliphatic carbocycles. The largest absolute Gasteiger partial charge is 0.333 e. The van der Waals surface area contributed by atoms with Crippen molar-refractivity contribution in [3.8, 4) is 0 Å². The highest BCUT2D eigenvalue weighted by molar-refractivity contribution is 5.82. The molecule has 1 unspecified atom stereocenters. The van der Waals surface area contributed by atoms with Crippen molar-refractivity contribution in [1.29, 1.82) is 0 Å². The van der Waals surface area contributed by atoms with Crippen LogP contribution in [0.4, 0.5) is 4.39 Å². The number of carbonyl (C=O) groups excluding carboxylic acids is 1. The number of hydrogen-bond acceptors (Lipinski definition) is 2. The number of nitrogens with zero attached hydrogens (tertiary/aromatic N) is 1. The van der Waals surface area contributed by atoms with Gasteiger partial charge in [-0.25, -0.2) is 4.39 Å². The van der Waals surface area contributed by atoms with Gasteiger partial charge in [0.05, 0.1) is 6.04 Å². The third-order valence-corrected chi connectivity index (χ3v) is 3.21. The minimum Gasteiger partial charge on any atom is -0.333 e. The highest BCUT2D eigenvalue weighted by atomic mass is 19.1. The maximum atomic E-state index is 13.0. The van der Waals surface area contributed by atoms with Gasteiger partial charge in [0.25, 0.3) is 0 Å². The topological polar surface area (TPSA) is 46.3 Å². The maximum absolute atomic E-state index is 13.0. The Labute approximate surface area is 100 Å². The predicted molar refractivity (Wildman–Crippen MR) is 63.5 cm³/mol. The summed E-state index contributed by atoms with van der Waals surface area (Å²) in [7, 11) is 0. The van der Waals surface area contributed by atoms with Gasteiger partial charge in [-0.3, -0.25) is 4.79 Å². The molecule has 1 heterocycles. The second-order valence-electron chi connectivity index (χ2n) is 4.88. The molecule has 3 nitrogen and oxygen atoms in total. The van der Waals surface area contributed by atoms with Crippen LogP contribution in [-0.4, -0.2) is 16.8 Å². The van der Waals surface area contributed by atoms with E-state index in [0.717, 1.165) is 11.1 Å². The molecule has 1 aromatic rings. The SMILES string of the molecule is CC(C)C(N)C(=O)N1Cc2ccc(F)cc2C1. The van der Waals surface area contributed by atoms with Crippen molar-refractivity contribution in [1.82, 2.24) is 4.90 Å². The summed E-state index contributed by atoms with van der Waals surface area (Å²) in [5.74, 6) is -0.203. The summed E-state index contributed by atoms with van der Waals surface area (Å²) in [6.07, 6.45) is 0. The summed E-state index contributed by atoms with van der Waals surface area (Å²) in [5, 5.41) is 0. The van der Waals surface area contributed by atoms with Gasteiger partial charge >= 0.3 is 0 Å². The second kappa shape index (κ2) is 4.45. The quantitative estimate of drug-likeness (QED) is 0.848. The fourth-order valence-corrected chi connectivity index (χ4v) is 2.01. The number of amides is 1. The van der Waals surface area contributed by atoms with Crippen LogP contribution >= 0.6 is 0 Å². The van der Waals surface area contributed by atoms with Gasteiger partial charge in [0.15, 0.2) is 0 Å². The first-order valence-corrected chi connectivity index (χ1v) is 5.80. The average molecular weight is 236 g/mol. The van der Waals surface area contributed by atoms with Crippen LogP contribution in [0.3, 0.4) is 0 Å². The number of carbonyl (C=O) groups is 1. The smallest absolute Gasteiger partial charge is 0.240 e. The molecule has 2 rings (SSSR count). The Balaban J connectivity index is 2.12. The first-order valence-electron chi connectivity index (χ1n) is 5.80. The number of fused-ring (bicyclic) bond motifs is 1. The predicted octanol–water partition coefficient (Wildman–Crippen LogP) is 1.65. The van der Waals surface area contributed by atoms with Crippen molar-refractivity contribution >= 4 is 5.91 Å². The van der Waals surface area contributed by atoms with E-state index in [0.29, 0.717) is 13.1 Å². The fourth-order valence-electron chi connectivity index (χ4n) is 2.01. The highest BCUT2D eigenvalue weighted by Crippen LogP contribution is 2.24. The summed E-state index contributed by atoms with van der Waals surface area (Å²) in [6.45, 7) is 4.85. The zero-order chi connectivity index (χ0) is 12.6. The molecule has 0 saturated heterocycles. The molecule has 1 aliphatic heterocycles. The maximum Gasteiger partial charge on any atom is 0.240 e. The van der Waals surface area contributed by atoms with Gasteiger partial charge in [-0.15, -0.1) is 0 Å². The summed E-state index contributed by atoms with van der Waals surface area (Å²) < 4.78 is 13.0. The summed E-state index contributed by atoms with van der Waals surface area (Å²) in [5.41, 5.74) is 7.73. The Bertz CT molecular complexity index is 445. The minimum atomic E-state index is -0.478. The van der Waals surface area contributed by atoms with E-state index in [4.69, 9.17) is 5.73 Å². The third kappa shape index (κ3) is 2.31. The van der Waals surface area contributed by atoms with Crippen molar-refractivity contribution in [2.45, 2.75) is 33.0 Å². The molecule has 1 aliphatic rings. The first-order chi connectivity index (χ1) is 7.99. The number of halogens is 1. The van der Waals surface area contributed by atoms with Gasteiger partial charge in [0, 0.05) is 13.1 Å². The van der Waals surface area contributed by atoms with Gasteiger partial charge in [0.2, 0.25) is 5.91 Å². The van der Waals surface area contributed by atoms with E-state index in [1.54, 1.807) is 11.0 Å². The monoisotopic (exact) mass is 236 g/mol. The number of rotatable bonds is 2. The summed E-state index contributed by atoms with van der Waals surface area (Å²) in [4.78, 5) is 13.7. The average Bonchev–Trinajstić information content (AvgIpc) is 2.69. The van der Waals surface area contributed by atoms with E-state index in [9.17, 15) is 9.18 Å².